The number of aromatic nitrogens is 2. The Morgan fingerprint density at radius 3 is 2.11 bits per heavy atom. The Hall–Kier alpha value is -3.97. The lowest BCUT2D eigenvalue weighted by molar-refractivity contribution is -0.142. The molecule has 3 amide bonds. The highest BCUT2D eigenvalue weighted by atomic mass is 16.4. The molecule has 0 radical (unpaired) electrons. The van der Waals surface area contributed by atoms with Crippen LogP contribution in [0.25, 0.3) is 0 Å². The molecule has 0 spiro atoms. The zero-order valence-electron chi connectivity index (χ0n) is 20.7. The number of hydrogen-bond acceptors (Lipinski definition) is 8. The van der Waals surface area contributed by atoms with E-state index in [-0.39, 0.29) is 24.5 Å². The maximum Gasteiger partial charge on any atom is 0.326 e. The quantitative estimate of drug-likeness (QED) is 0.150. The van der Waals surface area contributed by atoms with Crippen molar-refractivity contribution in [2.24, 2.45) is 11.7 Å². The standard InChI is InChI=1S/C24H34N6O7/c1-3-13(2)20(25)23(35)30-19(11-31)22(34)28-17(9-15-10-26-12-27-15)21(33)29-18(24(36)37)8-14-4-6-16(32)7-5-14/h4-7,10,12-13,17-20,31-32H,3,8-9,11,25H2,1-2H3,(H,26,27)(H,28,34)(H,29,33)(H,30,35)(H,36,37). The van der Waals surface area contributed by atoms with Gasteiger partial charge in [0.25, 0.3) is 0 Å². The van der Waals surface area contributed by atoms with Crippen molar-refractivity contribution >= 4 is 23.7 Å². The zero-order chi connectivity index (χ0) is 27.5. The molecule has 1 heterocycles. The fourth-order valence-electron chi connectivity index (χ4n) is 3.41. The number of carboxylic acid groups (broad SMARTS) is 1. The number of aliphatic hydroxyl groups is 1. The van der Waals surface area contributed by atoms with Crippen molar-refractivity contribution in [1.29, 1.82) is 0 Å². The van der Waals surface area contributed by atoms with Gasteiger partial charge < -0.3 is 42.0 Å². The molecule has 1 aromatic carbocycles. The number of amides is 3. The number of carbonyl (C=O) groups is 4. The fourth-order valence-corrected chi connectivity index (χ4v) is 3.41. The van der Waals surface area contributed by atoms with Gasteiger partial charge in [0.05, 0.1) is 19.0 Å². The van der Waals surface area contributed by atoms with Crippen molar-refractivity contribution in [3.63, 3.8) is 0 Å². The number of aromatic hydroxyl groups is 1. The van der Waals surface area contributed by atoms with Gasteiger partial charge in [-0.25, -0.2) is 9.78 Å². The van der Waals surface area contributed by atoms with Gasteiger partial charge in [0.2, 0.25) is 17.7 Å². The number of nitrogens with zero attached hydrogens (tertiary/aromatic N) is 1. The maximum atomic E-state index is 13.1. The molecule has 2 rings (SSSR count). The first kappa shape index (κ1) is 29.3. The van der Waals surface area contributed by atoms with Crippen molar-refractivity contribution in [3.8, 4) is 5.75 Å². The van der Waals surface area contributed by atoms with Crippen LogP contribution in [0.2, 0.25) is 0 Å². The number of carboxylic acids is 1. The Kier molecular flexibility index (Phi) is 11.0. The number of imidazole rings is 1. The first-order chi connectivity index (χ1) is 17.5. The van der Waals surface area contributed by atoms with E-state index in [1.807, 2.05) is 6.92 Å². The molecule has 0 saturated heterocycles. The fraction of sp³-hybridized carbons (Fsp3) is 0.458. The molecule has 13 heteroatoms. The highest BCUT2D eigenvalue weighted by molar-refractivity contribution is 5.94. The number of rotatable bonds is 14. The molecule has 37 heavy (non-hydrogen) atoms. The largest absolute Gasteiger partial charge is 0.508 e. The van der Waals surface area contributed by atoms with Crippen LogP contribution < -0.4 is 21.7 Å². The highest BCUT2D eigenvalue weighted by Gasteiger charge is 2.31. The Morgan fingerprint density at radius 1 is 0.973 bits per heavy atom. The van der Waals surface area contributed by atoms with Crippen molar-refractivity contribution in [1.82, 2.24) is 25.9 Å². The van der Waals surface area contributed by atoms with Gasteiger partial charge in [0.1, 0.15) is 23.9 Å². The first-order valence-corrected chi connectivity index (χ1v) is 11.8. The van der Waals surface area contributed by atoms with Crippen molar-refractivity contribution in [2.45, 2.75) is 57.3 Å². The zero-order valence-corrected chi connectivity index (χ0v) is 20.7. The summed E-state index contributed by atoms with van der Waals surface area (Å²) in [5, 5.41) is 36.0. The van der Waals surface area contributed by atoms with Crippen molar-refractivity contribution < 1.29 is 34.5 Å². The molecule has 0 aliphatic carbocycles. The summed E-state index contributed by atoms with van der Waals surface area (Å²) in [6.07, 6.45) is 3.31. The summed E-state index contributed by atoms with van der Waals surface area (Å²) in [6.45, 7) is 2.89. The van der Waals surface area contributed by atoms with Crippen LogP contribution in [-0.2, 0) is 32.0 Å². The van der Waals surface area contributed by atoms with E-state index in [1.54, 1.807) is 6.92 Å². The van der Waals surface area contributed by atoms with E-state index in [0.29, 0.717) is 17.7 Å². The Morgan fingerprint density at radius 2 is 1.57 bits per heavy atom. The number of benzene rings is 1. The van der Waals surface area contributed by atoms with Gasteiger partial charge in [-0.05, 0) is 23.6 Å². The average molecular weight is 519 g/mol. The molecule has 0 fully saturated rings. The third kappa shape index (κ3) is 8.88. The minimum atomic E-state index is -1.38. The van der Waals surface area contributed by atoms with E-state index >= 15 is 0 Å². The Balaban J connectivity index is 2.15. The second kappa shape index (κ2) is 13.9. The maximum absolute atomic E-state index is 13.1. The number of phenolic OH excluding ortho intramolecular Hbond substituents is 1. The summed E-state index contributed by atoms with van der Waals surface area (Å²) in [7, 11) is 0. The SMILES string of the molecule is CCC(C)C(N)C(=O)NC(CO)C(=O)NC(Cc1cnc[nH]1)C(=O)NC(Cc1ccc(O)cc1)C(=O)O. The normalized spacial score (nSPS) is 15.0. The van der Waals surface area contributed by atoms with E-state index in [4.69, 9.17) is 5.73 Å². The van der Waals surface area contributed by atoms with Crippen LogP contribution in [0.1, 0.15) is 31.5 Å². The number of nitrogens with two attached hydrogens (primary N) is 1. The lowest BCUT2D eigenvalue weighted by Crippen LogP contribution is -2.59. The van der Waals surface area contributed by atoms with Gasteiger partial charge in [-0.2, -0.15) is 0 Å². The summed E-state index contributed by atoms with van der Waals surface area (Å²) in [5.41, 5.74) is 6.94. The lowest BCUT2D eigenvalue weighted by atomic mass is 9.99. The minimum Gasteiger partial charge on any atom is -0.508 e. The Bertz CT molecular complexity index is 1040. The van der Waals surface area contributed by atoms with E-state index in [0.717, 1.165) is 0 Å². The summed E-state index contributed by atoms with van der Waals surface area (Å²) in [4.78, 5) is 56.9. The second-order valence-electron chi connectivity index (χ2n) is 8.77. The molecule has 0 bridgehead atoms. The number of nitrogens with one attached hydrogen (secondary N) is 4. The molecule has 202 valence electrons. The number of phenols is 1. The summed E-state index contributed by atoms with van der Waals surface area (Å²) < 4.78 is 0. The van der Waals surface area contributed by atoms with Gasteiger partial charge >= 0.3 is 5.97 Å². The van der Waals surface area contributed by atoms with E-state index in [9.17, 15) is 34.5 Å². The summed E-state index contributed by atoms with van der Waals surface area (Å²) in [5.74, 6) is -3.73. The number of H-pyrrole nitrogens is 1. The van der Waals surface area contributed by atoms with Gasteiger partial charge in [0, 0.05) is 24.7 Å². The second-order valence-corrected chi connectivity index (χ2v) is 8.77. The molecule has 13 nitrogen and oxygen atoms in total. The smallest absolute Gasteiger partial charge is 0.326 e. The van der Waals surface area contributed by atoms with Crippen LogP contribution in [0.15, 0.2) is 36.8 Å². The third-order valence-electron chi connectivity index (χ3n) is 5.98. The predicted octanol–water partition coefficient (Wildman–Crippen LogP) is -1.19. The summed E-state index contributed by atoms with van der Waals surface area (Å²) in [6, 6.07) is 0.976. The lowest BCUT2D eigenvalue weighted by Gasteiger charge is -2.25. The number of aliphatic carboxylic acids is 1. The molecular formula is C24H34N6O7. The first-order valence-electron chi connectivity index (χ1n) is 11.8. The molecule has 1 aromatic heterocycles. The van der Waals surface area contributed by atoms with Crippen LogP contribution in [0.3, 0.4) is 0 Å². The molecule has 9 N–H and O–H groups in total. The van der Waals surface area contributed by atoms with Crippen LogP contribution >= 0.6 is 0 Å². The number of carbonyl (C=O) groups excluding carboxylic acids is 3. The van der Waals surface area contributed by atoms with E-state index < -0.39 is 54.5 Å². The molecular weight excluding hydrogens is 484 g/mol. The van der Waals surface area contributed by atoms with E-state index in [2.05, 4.69) is 25.9 Å². The Labute approximate surface area is 213 Å². The van der Waals surface area contributed by atoms with Crippen molar-refractivity contribution in [2.75, 3.05) is 6.61 Å². The molecule has 5 unspecified atom stereocenters. The topological polar surface area (TPSA) is 220 Å². The van der Waals surface area contributed by atoms with Gasteiger partial charge in [0.15, 0.2) is 0 Å². The predicted molar refractivity (Wildman–Crippen MR) is 132 cm³/mol. The summed E-state index contributed by atoms with van der Waals surface area (Å²) >= 11 is 0. The highest BCUT2D eigenvalue weighted by Crippen LogP contribution is 2.12. The molecule has 0 aliphatic rings. The molecule has 0 saturated carbocycles. The number of aliphatic hydroxyl groups excluding tert-OH is 1. The van der Waals surface area contributed by atoms with Crippen molar-refractivity contribution in [3.05, 3.63) is 48.0 Å². The number of aromatic amines is 1. The van der Waals surface area contributed by atoms with Crippen LogP contribution in [0.5, 0.6) is 5.75 Å². The number of hydrogen-bond donors (Lipinski definition) is 8. The van der Waals surface area contributed by atoms with Gasteiger partial charge in [-0.3, -0.25) is 14.4 Å². The van der Waals surface area contributed by atoms with Gasteiger partial charge in [-0.1, -0.05) is 32.4 Å². The monoisotopic (exact) mass is 518 g/mol. The van der Waals surface area contributed by atoms with Gasteiger partial charge in [-0.15, -0.1) is 0 Å². The minimum absolute atomic E-state index is 0.0117. The van der Waals surface area contributed by atoms with Crippen LogP contribution in [0, 0.1) is 5.92 Å². The third-order valence-corrected chi connectivity index (χ3v) is 5.98. The van der Waals surface area contributed by atoms with Crippen LogP contribution in [0.4, 0.5) is 0 Å². The molecule has 0 aliphatic heterocycles. The van der Waals surface area contributed by atoms with Crippen LogP contribution in [-0.4, -0.2) is 79.8 Å². The molecule has 5 atom stereocenters. The average Bonchev–Trinajstić information content (AvgIpc) is 3.39. The molecule has 2 aromatic rings. The van der Waals surface area contributed by atoms with E-state index in [1.165, 1.54) is 36.8 Å².